The summed E-state index contributed by atoms with van der Waals surface area (Å²) < 4.78 is 5.01. The number of nitrogens with one attached hydrogen (secondary N) is 2. The number of phenols is 2. The van der Waals surface area contributed by atoms with Crippen LogP contribution in [0.3, 0.4) is 0 Å². The summed E-state index contributed by atoms with van der Waals surface area (Å²) in [6.07, 6.45) is 1.14. The molecule has 0 bridgehead atoms. The smallest absolute Gasteiger partial charge is 0.329 e. The lowest BCUT2D eigenvalue weighted by Crippen LogP contribution is -2.32. The molecule has 4 N–H and O–H groups in total. The zero-order valence-corrected chi connectivity index (χ0v) is 12.7. The Bertz CT molecular complexity index is 789. The van der Waals surface area contributed by atoms with E-state index in [0.717, 1.165) is 12.3 Å². The first-order chi connectivity index (χ1) is 11.5. The minimum atomic E-state index is -0.979. The molecule has 0 aliphatic heterocycles. The number of ether oxygens (including phenoxy) is 1. The van der Waals surface area contributed by atoms with E-state index < -0.39 is 11.8 Å². The van der Waals surface area contributed by atoms with E-state index >= 15 is 0 Å². The summed E-state index contributed by atoms with van der Waals surface area (Å²) in [5.41, 5.74) is 2.70. The number of amides is 2. The highest BCUT2D eigenvalue weighted by Crippen LogP contribution is 2.20. The number of aromatic hydroxyl groups is 2. The first-order valence-corrected chi connectivity index (χ1v) is 6.80. The number of methoxy groups -OCH3 is 1. The minimum absolute atomic E-state index is 0.105. The number of hydrazone groups is 1. The molecule has 2 aromatic rings. The second-order valence-electron chi connectivity index (χ2n) is 4.63. The average molecular weight is 329 g/mol. The molecule has 24 heavy (non-hydrogen) atoms. The summed E-state index contributed by atoms with van der Waals surface area (Å²) in [6.45, 7) is 0. The van der Waals surface area contributed by atoms with Crippen LogP contribution in [0, 0.1) is 0 Å². The standard InChI is InChI=1S/C16H15N3O5/c1-24-13-4-2-3-11(7-13)18-15(22)16(23)19-17-9-10-5-6-12(20)8-14(10)21/h2-9,20-21H,1H3,(H,18,22)(H,19,23)/b17-9-. The SMILES string of the molecule is COc1cccc(NC(=O)C(=O)N/N=C\c2ccc(O)cc2O)c1. The Morgan fingerprint density at radius 2 is 1.92 bits per heavy atom. The number of rotatable bonds is 4. The fourth-order valence-electron chi connectivity index (χ4n) is 1.74. The van der Waals surface area contributed by atoms with Crippen LogP contribution in [-0.4, -0.2) is 35.4 Å². The van der Waals surface area contributed by atoms with Crippen LogP contribution in [0.5, 0.6) is 17.2 Å². The van der Waals surface area contributed by atoms with Crippen molar-refractivity contribution in [2.24, 2.45) is 5.10 Å². The van der Waals surface area contributed by atoms with Gasteiger partial charge in [0.05, 0.1) is 13.3 Å². The van der Waals surface area contributed by atoms with Crippen molar-refractivity contribution < 1.29 is 24.5 Å². The number of nitrogens with zero attached hydrogens (tertiary/aromatic N) is 1. The van der Waals surface area contributed by atoms with E-state index in [1.807, 2.05) is 5.43 Å². The van der Waals surface area contributed by atoms with Gasteiger partial charge in [0.2, 0.25) is 0 Å². The topological polar surface area (TPSA) is 120 Å². The van der Waals surface area contributed by atoms with E-state index in [0.29, 0.717) is 11.4 Å². The van der Waals surface area contributed by atoms with Crippen LogP contribution in [0.25, 0.3) is 0 Å². The molecule has 2 aromatic carbocycles. The number of carbonyl (C=O) groups is 2. The van der Waals surface area contributed by atoms with Gasteiger partial charge in [-0.05, 0) is 24.3 Å². The van der Waals surface area contributed by atoms with Crippen molar-refractivity contribution in [1.82, 2.24) is 5.43 Å². The van der Waals surface area contributed by atoms with Gasteiger partial charge in [-0.25, -0.2) is 5.43 Å². The summed E-state index contributed by atoms with van der Waals surface area (Å²) in [4.78, 5) is 23.4. The molecule has 8 nitrogen and oxygen atoms in total. The molecule has 0 atom stereocenters. The summed E-state index contributed by atoms with van der Waals surface area (Å²) >= 11 is 0. The maximum absolute atomic E-state index is 11.7. The second-order valence-corrected chi connectivity index (χ2v) is 4.63. The number of anilines is 1. The molecule has 0 heterocycles. The first-order valence-electron chi connectivity index (χ1n) is 6.80. The number of benzene rings is 2. The number of phenolic OH excluding ortho intramolecular Hbond substituents is 2. The highest BCUT2D eigenvalue weighted by molar-refractivity contribution is 6.39. The molecule has 0 radical (unpaired) electrons. The molecule has 0 aliphatic carbocycles. The fraction of sp³-hybridized carbons (Fsp3) is 0.0625. The molecule has 0 aliphatic rings. The number of hydrogen-bond donors (Lipinski definition) is 4. The molecule has 0 saturated heterocycles. The van der Waals surface area contributed by atoms with E-state index in [1.54, 1.807) is 24.3 Å². The van der Waals surface area contributed by atoms with Crippen molar-refractivity contribution in [3.05, 3.63) is 48.0 Å². The first kappa shape index (κ1) is 16.8. The minimum Gasteiger partial charge on any atom is -0.508 e. The van der Waals surface area contributed by atoms with E-state index in [-0.39, 0.29) is 17.1 Å². The lowest BCUT2D eigenvalue weighted by atomic mass is 10.2. The molecule has 0 saturated carbocycles. The van der Waals surface area contributed by atoms with Crippen LogP contribution in [0.1, 0.15) is 5.56 Å². The monoisotopic (exact) mass is 329 g/mol. The molecule has 0 aromatic heterocycles. The summed E-state index contributed by atoms with van der Waals surface area (Å²) in [6, 6.07) is 10.4. The van der Waals surface area contributed by atoms with E-state index in [9.17, 15) is 14.7 Å². The van der Waals surface area contributed by atoms with Gasteiger partial charge in [0.25, 0.3) is 0 Å². The van der Waals surface area contributed by atoms with Crippen molar-refractivity contribution in [2.75, 3.05) is 12.4 Å². The predicted molar refractivity (Wildman–Crippen MR) is 87.1 cm³/mol. The third-order valence-corrected chi connectivity index (χ3v) is 2.92. The van der Waals surface area contributed by atoms with Gasteiger partial charge in [0, 0.05) is 23.4 Å². The molecular formula is C16H15N3O5. The molecular weight excluding hydrogens is 314 g/mol. The van der Waals surface area contributed by atoms with Gasteiger partial charge >= 0.3 is 11.8 Å². The van der Waals surface area contributed by atoms with Crippen LogP contribution in [0.4, 0.5) is 5.69 Å². The van der Waals surface area contributed by atoms with Gasteiger partial charge in [-0.1, -0.05) is 6.07 Å². The fourth-order valence-corrected chi connectivity index (χ4v) is 1.74. The zero-order chi connectivity index (χ0) is 17.5. The van der Waals surface area contributed by atoms with Gasteiger partial charge in [-0.2, -0.15) is 5.10 Å². The Morgan fingerprint density at radius 3 is 2.62 bits per heavy atom. The number of carbonyl (C=O) groups excluding carboxylic acids is 2. The van der Waals surface area contributed by atoms with Gasteiger partial charge in [0.15, 0.2) is 0 Å². The Hall–Kier alpha value is -3.55. The summed E-state index contributed by atoms with van der Waals surface area (Å²) in [5, 5.41) is 24.7. The molecule has 0 spiro atoms. The molecule has 124 valence electrons. The highest BCUT2D eigenvalue weighted by Gasteiger charge is 2.13. The summed E-state index contributed by atoms with van der Waals surface area (Å²) in [5.74, 6) is -1.67. The number of hydrogen-bond acceptors (Lipinski definition) is 6. The zero-order valence-electron chi connectivity index (χ0n) is 12.7. The molecule has 2 rings (SSSR count). The summed E-state index contributed by atoms with van der Waals surface area (Å²) in [7, 11) is 1.49. The van der Waals surface area contributed by atoms with Crippen LogP contribution in [0.2, 0.25) is 0 Å². The Labute approximate surface area is 137 Å². The van der Waals surface area contributed by atoms with Crippen LogP contribution < -0.4 is 15.5 Å². The quantitative estimate of drug-likeness (QED) is 0.381. The molecule has 0 fully saturated rings. The lowest BCUT2D eigenvalue weighted by molar-refractivity contribution is -0.136. The Morgan fingerprint density at radius 1 is 1.12 bits per heavy atom. The van der Waals surface area contributed by atoms with Crippen molar-refractivity contribution in [2.45, 2.75) is 0 Å². The molecule has 2 amide bonds. The van der Waals surface area contributed by atoms with E-state index in [4.69, 9.17) is 9.84 Å². The Balaban J connectivity index is 1.93. The van der Waals surface area contributed by atoms with Gasteiger partial charge in [0.1, 0.15) is 17.2 Å². The average Bonchev–Trinajstić information content (AvgIpc) is 2.56. The van der Waals surface area contributed by atoms with Crippen molar-refractivity contribution in [3.63, 3.8) is 0 Å². The van der Waals surface area contributed by atoms with Crippen molar-refractivity contribution in [3.8, 4) is 17.2 Å². The normalized spacial score (nSPS) is 10.4. The lowest BCUT2D eigenvalue weighted by Gasteiger charge is -2.05. The third kappa shape index (κ3) is 4.47. The van der Waals surface area contributed by atoms with E-state index in [2.05, 4.69) is 10.4 Å². The third-order valence-electron chi connectivity index (χ3n) is 2.92. The van der Waals surface area contributed by atoms with Gasteiger partial charge in [-0.3, -0.25) is 9.59 Å². The van der Waals surface area contributed by atoms with E-state index in [1.165, 1.54) is 19.2 Å². The largest absolute Gasteiger partial charge is 0.508 e. The van der Waals surface area contributed by atoms with Crippen LogP contribution in [0.15, 0.2) is 47.6 Å². The van der Waals surface area contributed by atoms with Gasteiger partial charge < -0.3 is 20.3 Å². The van der Waals surface area contributed by atoms with Crippen molar-refractivity contribution >= 4 is 23.7 Å². The Kier molecular flexibility index (Phi) is 5.35. The van der Waals surface area contributed by atoms with Gasteiger partial charge in [-0.15, -0.1) is 0 Å². The van der Waals surface area contributed by atoms with Crippen molar-refractivity contribution in [1.29, 1.82) is 0 Å². The molecule has 0 unspecified atom stereocenters. The maximum atomic E-state index is 11.7. The van der Waals surface area contributed by atoms with Crippen LogP contribution >= 0.6 is 0 Å². The predicted octanol–water partition coefficient (Wildman–Crippen LogP) is 1.20. The second kappa shape index (κ2) is 7.63. The highest BCUT2D eigenvalue weighted by atomic mass is 16.5. The molecule has 8 heteroatoms. The maximum Gasteiger partial charge on any atom is 0.329 e. The van der Waals surface area contributed by atoms with Crippen LogP contribution in [-0.2, 0) is 9.59 Å².